The summed E-state index contributed by atoms with van der Waals surface area (Å²) >= 11 is 15.8. The first kappa shape index (κ1) is 32.4. The predicted octanol–water partition coefficient (Wildman–Crippen LogP) is 8.73. The van der Waals surface area contributed by atoms with Crippen molar-refractivity contribution in [1.29, 1.82) is 0 Å². The van der Waals surface area contributed by atoms with Gasteiger partial charge >= 0.3 is 12.1 Å². The quantitative estimate of drug-likeness (QED) is 0.257. The van der Waals surface area contributed by atoms with Crippen molar-refractivity contribution in [3.63, 3.8) is 0 Å². The minimum atomic E-state index is -0.588. The fourth-order valence-electron chi connectivity index (χ4n) is 5.57. The Morgan fingerprint density at radius 2 is 1.84 bits per heavy atom. The molecule has 0 spiro atoms. The van der Waals surface area contributed by atoms with E-state index in [1.165, 1.54) is 0 Å². The maximum Gasteiger partial charge on any atom is 0.410 e. The van der Waals surface area contributed by atoms with Gasteiger partial charge in [0.05, 0.1) is 35.8 Å². The van der Waals surface area contributed by atoms with Gasteiger partial charge in [-0.15, -0.1) is 0 Å². The van der Waals surface area contributed by atoms with Crippen LogP contribution in [0.2, 0.25) is 10.0 Å². The van der Waals surface area contributed by atoms with Crippen LogP contribution < -0.4 is 9.64 Å². The SMILES string of the molecule is CN(Cc1ccc(Br)cc1Oc1ccc(Cl)c(Cl)c1)C(=O)N1CC(CC2COCCN2C(=O)OC(C)(C)C)c2ccccc21. The van der Waals surface area contributed by atoms with Crippen LogP contribution >= 0.6 is 39.1 Å². The number of carbonyl (C=O) groups is 2. The molecule has 5 rings (SSSR count). The average Bonchev–Trinajstić information content (AvgIpc) is 3.33. The molecule has 3 amide bonds. The molecule has 2 unspecified atom stereocenters. The summed E-state index contributed by atoms with van der Waals surface area (Å²) in [7, 11) is 1.78. The van der Waals surface area contributed by atoms with Crippen molar-refractivity contribution < 1.29 is 23.8 Å². The lowest BCUT2D eigenvalue weighted by Crippen LogP contribution is -2.51. The molecular formula is C33H36BrCl2N3O5. The number of hydrogen-bond acceptors (Lipinski definition) is 5. The molecule has 0 saturated carbocycles. The second-order valence-corrected chi connectivity index (χ2v) is 13.8. The molecule has 11 heteroatoms. The number of benzene rings is 3. The molecule has 8 nitrogen and oxygen atoms in total. The number of anilines is 1. The van der Waals surface area contributed by atoms with Gasteiger partial charge in [-0.3, -0.25) is 4.90 Å². The maximum absolute atomic E-state index is 14.0. The fraction of sp³-hybridized carbons (Fsp3) is 0.394. The summed E-state index contributed by atoms with van der Waals surface area (Å²) in [6.45, 7) is 7.77. The highest BCUT2D eigenvalue weighted by molar-refractivity contribution is 9.10. The molecule has 3 aromatic carbocycles. The van der Waals surface area contributed by atoms with E-state index in [-0.39, 0.29) is 24.1 Å². The lowest BCUT2D eigenvalue weighted by molar-refractivity contribution is -0.0351. The highest BCUT2D eigenvalue weighted by Crippen LogP contribution is 2.40. The van der Waals surface area contributed by atoms with E-state index in [0.29, 0.717) is 60.8 Å². The van der Waals surface area contributed by atoms with Crippen LogP contribution in [0.25, 0.3) is 0 Å². The second-order valence-electron chi connectivity index (χ2n) is 12.1. The zero-order valence-electron chi connectivity index (χ0n) is 25.2. The molecule has 0 aromatic heterocycles. The van der Waals surface area contributed by atoms with Crippen LogP contribution in [0.5, 0.6) is 11.5 Å². The number of amides is 3. The molecule has 0 aliphatic carbocycles. The lowest BCUT2D eigenvalue weighted by Gasteiger charge is -2.37. The Morgan fingerprint density at radius 1 is 1.07 bits per heavy atom. The molecule has 44 heavy (non-hydrogen) atoms. The summed E-state index contributed by atoms with van der Waals surface area (Å²) < 4.78 is 18.5. The molecule has 2 aliphatic heterocycles. The van der Waals surface area contributed by atoms with Crippen molar-refractivity contribution in [1.82, 2.24) is 9.80 Å². The van der Waals surface area contributed by atoms with Gasteiger partial charge < -0.3 is 24.0 Å². The number of ether oxygens (including phenoxy) is 3. The Bertz CT molecular complexity index is 1530. The number of para-hydroxylation sites is 1. The third-order valence-electron chi connectivity index (χ3n) is 7.60. The number of carbonyl (C=O) groups excluding carboxylic acids is 2. The molecule has 234 valence electrons. The van der Waals surface area contributed by atoms with Gasteiger partial charge in [-0.25, -0.2) is 9.59 Å². The average molecular weight is 705 g/mol. The monoisotopic (exact) mass is 703 g/mol. The van der Waals surface area contributed by atoms with E-state index < -0.39 is 5.60 Å². The van der Waals surface area contributed by atoms with Crippen molar-refractivity contribution in [2.45, 2.75) is 51.3 Å². The van der Waals surface area contributed by atoms with Gasteiger partial charge in [0.15, 0.2) is 0 Å². The van der Waals surface area contributed by atoms with Gasteiger partial charge in [-0.05, 0) is 63.1 Å². The van der Waals surface area contributed by atoms with Gasteiger partial charge in [0.25, 0.3) is 0 Å². The number of urea groups is 1. The number of nitrogens with zero attached hydrogens (tertiary/aromatic N) is 3. The molecule has 2 atom stereocenters. The lowest BCUT2D eigenvalue weighted by atomic mass is 9.93. The van der Waals surface area contributed by atoms with E-state index in [1.807, 2.05) is 62.1 Å². The smallest absolute Gasteiger partial charge is 0.410 e. The first-order valence-corrected chi connectivity index (χ1v) is 16.0. The summed E-state index contributed by atoms with van der Waals surface area (Å²) in [5.41, 5.74) is 2.19. The Kier molecular flexibility index (Phi) is 9.99. The van der Waals surface area contributed by atoms with E-state index in [9.17, 15) is 9.59 Å². The molecular weight excluding hydrogens is 669 g/mol. The summed E-state index contributed by atoms with van der Waals surface area (Å²) in [5.74, 6) is 1.16. The van der Waals surface area contributed by atoms with E-state index in [2.05, 4.69) is 22.0 Å². The summed E-state index contributed by atoms with van der Waals surface area (Å²) in [6.07, 6.45) is 0.316. The van der Waals surface area contributed by atoms with E-state index in [1.54, 1.807) is 35.0 Å². The van der Waals surface area contributed by atoms with Crippen LogP contribution in [-0.4, -0.2) is 66.9 Å². The third-order valence-corrected chi connectivity index (χ3v) is 8.83. The molecule has 2 aliphatic rings. The number of fused-ring (bicyclic) bond motifs is 1. The summed E-state index contributed by atoms with van der Waals surface area (Å²) in [5, 5.41) is 0.834. The normalized spacial score (nSPS) is 18.2. The summed E-state index contributed by atoms with van der Waals surface area (Å²) in [6, 6.07) is 18.5. The topological polar surface area (TPSA) is 71.6 Å². The molecule has 1 fully saturated rings. The zero-order chi connectivity index (χ0) is 31.6. The predicted molar refractivity (Wildman–Crippen MR) is 176 cm³/mol. The van der Waals surface area contributed by atoms with Gasteiger partial charge in [0.1, 0.15) is 17.1 Å². The molecule has 3 aromatic rings. The minimum Gasteiger partial charge on any atom is -0.457 e. The Hall–Kier alpha value is -2.98. The highest BCUT2D eigenvalue weighted by Gasteiger charge is 2.38. The first-order valence-electron chi connectivity index (χ1n) is 14.5. The van der Waals surface area contributed by atoms with Crippen LogP contribution in [0, 0.1) is 0 Å². The van der Waals surface area contributed by atoms with Crippen molar-refractivity contribution in [3.8, 4) is 11.5 Å². The minimum absolute atomic E-state index is 0.0291. The van der Waals surface area contributed by atoms with E-state index >= 15 is 0 Å². The van der Waals surface area contributed by atoms with Crippen molar-refractivity contribution >= 4 is 56.9 Å². The van der Waals surface area contributed by atoms with Gasteiger partial charge in [-0.2, -0.15) is 0 Å². The molecule has 0 radical (unpaired) electrons. The van der Waals surface area contributed by atoms with Crippen LogP contribution in [0.1, 0.15) is 44.2 Å². The number of morpholine rings is 1. The Morgan fingerprint density at radius 3 is 2.59 bits per heavy atom. The van der Waals surface area contributed by atoms with Crippen LogP contribution in [-0.2, 0) is 16.0 Å². The number of rotatable bonds is 6. The fourth-order valence-corrected chi connectivity index (χ4v) is 6.20. The second kappa shape index (κ2) is 13.6. The molecule has 2 heterocycles. The zero-order valence-corrected chi connectivity index (χ0v) is 28.3. The van der Waals surface area contributed by atoms with Gasteiger partial charge in [0.2, 0.25) is 0 Å². The first-order chi connectivity index (χ1) is 20.9. The van der Waals surface area contributed by atoms with Crippen LogP contribution in [0.3, 0.4) is 0 Å². The van der Waals surface area contributed by atoms with Gasteiger partial charge in [0, 0.05) is 47.8 Å². The highest BCUT2D eigenvalue weighted by atomic mass is 79.9. The molecule has 0 bridgehead atoms. The maximum atomic E-state index is 14.0. The summed E-state index contributed by atoms with van der Waals surface area (Å²) in [4.78, 5) is 32.3. The Balaban J connectivity index is 1.32. The largest absolute Gasteiger partial charge is 0.457 e. The van der Waals surface area contributed by atoms with Gasteiger partial charge in [-0.1, -0.05) is 63.4 Å². The third kappa shape index (κ3) is 7.62. The van der Waals surface area contributed by atoms with Crippen molar-refractivity contribution in [2.75, 3.05) is 38.3 Å². The van der Waals surface area contributed by atoms with E-state index in [0.717, 1.165) is 21.3 Å². The Labute approximate surface area is 276 Å². The standard InChI is InChI=1S/C33H36BrCl2N3O5/c1-33(2,3)44-32(41)38-13-14-42-20-24(38)15-22-19-39(29-8-6-5-7-26(22)29)31(40)37(4)18-21-9-10-23(34)16-30(21)43-25-11-12-27(35)28(36)17-25/h5-12,16-17,22,24H,13-15,18-20H2,1-4H3. The number of halogens is 3. The van der Waals surface area contributed by atoms with Crippen molar-refractivity contribution in [2.24, 2.45) is 0 Å². The molecule has 1 saturated heterocycles. The molecule has 0 N–H and O–H groups in total. The van der Waals surface area contributed by atoms with Crippen molar-refractivity contribution in [3.05, 3.63) is 86.3 Å². The van der Waals surface area contributed by atoms with Crippen LogP contribution in [0.4, 0.5) is 15.3 Å². The number of hydrogen-bond donors (Lipinski definition) is 0. The van der Waals surface area contributed by atoms with E-state index in [4.69, 9.17) is 37.4 Å². The van der Waals surface area contributed by atoms with Crippen LogP contribution in [0.15, 0.2) is 65.1 Å².